The van der Waals surface area contributed by atoms with Gasteiger partial charge in [0.2, 0.25) is 0 Å². The smallest absolute Gasteiger partial charge is 0.309 e. The lowest BCUT2D eigenvalue weighted by Crippen LogP contribution is -2.42. The molecule has 0 amide bonds. The normalized spacial score (nSPS) is 30.0. The lowest BCUT2D eigenvalue weighted by atomic mass is 9.88. The molecule has 0 saturated heterocycles. The number of rotatable bonds is 7. The Labute approximate surface area is 226 Å². The molecule has 1 aromatic heterocycles. The van der Waals surface area contributed by atoms with Crippen molar-refractivity contribution in [2.75, 3.05) is 6.61 Å². The second-order valence-corrected chi connectivity index (χ2v) is 10.6. The van der Waals surface area contributed by atoms with Crippen LogP contribution in [0.15, 0.2) is 54.2 Å². The number of aliphatic hydroxyl groups excluding tert-OH is 2. The Kier molecular flexibility index (Phi) is 11.9. The molecular weight excluding hydrogens is 486 g/mol. The molecule has 0 spiro atoms. The highest BCUT2D eigenvalue weighted by Gasteiger charge is 2.35. The van der Waals surface area contributed by atoms with E-state index in [1.54, 1.807) is 19.1 Å². The number of hydrogen-bond acceptors (Lipinski definition) is 8. The molecular formula is C30H43NO7. The first-order chi connectivity index (χ1) is 17.8. The third-order valence-corrected chi connectivity index (χ3v) is 6.86. The first-order valence-electron chi connectivity index (χ1n) is 13.2. The highest BCUT2D eigenvalue weighted by atomic mass is 16.6. The Morgan fingerprint density at radius 2 is 1.95 bits per heavy atom. The summed E-state index contributed by atoms with van der Waals surface area (Å²) in [5, 5.41) is 30.7. The predicted octanol–water partition coefficient (Wildman–Crippen LogP) is 4.12. The molecule has 7 atom stereocenters. The zero-order valence-electron chi connectivity index (χ0n) is 23.3. The van der Waals surface area contributed by atoms with Crippen LogP contribution in [0.1, 0.15) is 84.0 Å². The molecule has 3 N–H and O–H groups in total. The third-order valence-electron chi connectivity index (χ3n) is 6.86. The number of ether oxygens (including phenoxy) is 2. The van der Waals surface area contributed by atoms with E-state index in [-0.39, 0.29) is 43.6 Å². The van der Waals surface area contributed by atoms with Crippen molar-refractivity contribution in [2.24, 2.45) is 5.92 Å². The summed E-state index contributed by atoms with van der Waals surface area (Å²) >= 11 is 0. The molecule has 0 bridgehead atoms. The van der Waals surface area contributed by atoms with Gasteiger partial charge < -0.3 is 24.8 Å². The molecule has 8 nitrogen and oxygen atoms in total. The first-order valence-corrected chi connectivity index (χ1v) is 13.2. The van der Waals surface area contributed by atoms with Gasteiger partial charge in [0, 0.05) is 36.1 Å². The van der Waals surface area contributed by atoms with Gasteiger partial charge in [-0.05, 0) is 50.5 Å². The minimum absolute atomic E-state index is 0.0166. The highest BCUT2D eigenvalue weighted by molar-refractivity contribution is 5.70. The number of esters is 2. The topological polar surface area (TPSA) is 126 Å². The van der Waals surface area contributed by atoms with Crippen molar-refractivity contribution in [2.45, 2.75) is 96.6 Å². The van der Waals surface area contributed by atoms with Crippen LogP contribution in [0.2, 0.25) is 0 Å². The molecule has 1 aliphatic rings. The molecule has 2 rings (SSSR count). The van der Waals surface area contributed by atoms with Crippen molar-refractivity contribution in [3.63, 3.8) is 0 Å². The summed E-state index contributed by atoms with van der Waals surface area (Å²) in [5.74, 6) is -1.37. The van der Waals surface area contributed by atoms with Crippen molar-refractivity contribution in [3.8, 4) is 0 Å². The summed E-state index contributed by atoms with van der Waals surface area (Å²) < 4.78 is 11.1. The average molecular weight is 530 g/mol. The van der Waals surface area contributed by atoms with Gasteiger partial charge in [-0.15, -0.1) is 0 Å². The number of hydrogen-bond donors (Lipinski definition) is 3. The number of carbonyl (C=O) groups excluding carboxylic acids is 2. The highest BCUT2D eigenvalue weighted by Crippen LogP contribution is 2.27. The number of carbonyl (C=O) groups is 2. The van der Waals surface area contributed by atoms with Crippen LogP contribution in [-0.2, 0) is 19.1 Å². The van der Waals surface area contributed by atoms with Gasteiger partial charge in [-0.25, -0.2) is 0 Å². The van der Waals surface area contributed by atoms with Crippen LogP contribution in [0.5, 0.6) is 0 Å². The van der Waals surface area contributed by atoms with Crippen molar-refractivity contribution in [1.29, 1.82) is 0 Å². The summed E-state index contributed by atoms with van der Waals surface area (Å²) in [4.78, 5) is 28.9. The van der Waals surface area contributed by atoms with E-state index in [1.165, 1.54) is 6.92 Å². The van der Waals surface area contributed by atoms with Gasteiger partial charge in [0.05, 0.1) is 19.1 Å². The van der Waals surface area contributed by atoms with Crippen molar-refractivity contribution < 1.29 is 34.4 Å². The van der Waals surface area contributed by atoms with E-state index in [9.17, 15) is 24.9 Å². The summed E-state index contributed by atoms with van der Waals surface area (Å²) in [5.41, 5.74) is 1.10. The van der Waals surface area contributed by atoms with Crippen molar-refractivity contribution in [3.05, 3.63) is 65.5 Å². The molecule has 0 aliphatic carbocycles. The average Bonchev–Trinajstić information content (AvgIpc) is 2.86. The summed E-state index contributed by atoms with van der Waals surface area (Å²) in [6.07, 6.45) is 6.73. The molecule has 2 heterocycles. The van der Waals surface area contributed by atoms with Crippen LogP contribution in [-0.4, -0.2) is 62.8 Å². The molecule has 0 radical (unpaired) electrons. The third kappa shape index (κ3) is 9.49. The van der Waals surface area contributed by atoms with E-state index >= 15 is 0 Å². The van der Waals surface area contributed by atoms with E-state index in [1.807, 2.05) is 64.1 Å². The SMILES string of the molecule is CC(=O)O[C@H]1/C=C/[C@H](C)[C@@H](/C(C)=C/C=C/C(C)c2cccc([C@H](C)CO)n2)OC(=O)C[C@H](O)CC[C@@]1(C)O. The van der Waals surface area contributed by atoms with Gasteiger partial charge in [-0.1, -0.05) is 51.1 Å². The fraction of sp³-hybridized carbons (Fsp3) is 0.567. The standard InChI is InChI=1S/C30H43NO7/c1-19(25-11-8-12-26(31-25)22(4)18-32)9-7-10-20(2)29-21(3)13-14-27(37-23(5)33)30(6,36)16-15-24(34)17-28(35)38-29/h7-14,19,21-22,24,27,29,32,34,36H,15-18H2,1-6H3/b9-7+,14-13+,20-10+/t19?,21-,22+,24+,27-,29+,30+/m0/s1. The van der Waals surface area contributed by atoms with Gasteiger partial charge in [0.15, 0.2) is 0 Å². The van der Waals surface area contributed by atoms with Crippen molar-refractivity contribution in [1.82, 2.24) is 4.98 Å². The second kappa shape index (κ2) is 14.4. The van der Waals surface area contributed by atoms with Crippen molar-refractivity contribution >= 4 is 11.9 Å². The van der Waals surface area contributed by atoms with E-state index in [2.05, 4.69) is 4.98 Å². The van der Waals surface area contributed by atoms with Gasteiger partial charge in [-0.3, -0.25) is 14.6 Å². The quantitative estimate of drug-likeness (QED) is 0.274. The first kappa shape index (κ1) is 31.4. The van der Waals surface area contributed by atoms with Gasteiger partial charge in [-0.2, -0.15) is 0 Å². The van der Waals surface area contributed by atoms with Crippen LogP contribution < -0.4 is 0 Å². The Morgan fingerprint density at radius 3 is 2.61 bits per heavy atom. The summed E-state index contributed by atoms with van der Waals surface area (Å²) in [6.45, 7) is 10.6. The van der Waals surface area contributed by atoms with E-state index in [0.717, 1.165) is 17.0 Å². The Balaban J connectivity index is 2.29. The number of nitrogens with zero attached hydrogens (tertiary/aromatic N) is 1. The van der Waals surface area contributed by atoms with E-state index in [4.69, 9.17) is 9.47 Å². The Hall–Kier alpha value is -2.81. The molecule has 1 aromatic rings. The minimum Gasteiger partial charge on any atom is -0.457 e. The van der Waals surface area contributed by atoms with Crippen LogP contribution >= 0.6 is 0 Å². The minimum atomic E-state index is -1.41. The maximum Gasteiger partial charge on any atom is 0.309 e. The Morgan fingerprint density at radius 1 is 1.26 bits per heavy atom. The molecule has 1 aliphatic heterocycles. The number of aliphatic hydroxyl groups is 3. The van der Waals surface area contributed by atoms with Gasteiger partial charge in [0.1, 0.15) is 17.8 Å². The fourth-order valence-electron chi connectivity index (χ4n) is 4.29. The molecule has 1 unspecified atom stereocenters. The number of aromatic nitrogens is 1. The maximum absolute atomic E-state index is 12.6. The molecule has 8 heteroatoms. The lowest BCUT2D eigenvalue weighted by molar-refractivity contribution is -0.157. The molecule has 0 saturated carbocycles. The van der Waals surface area contributed by atoms with E-state index < -0.39 is 35.9 Å². The fourth-order valence-corrected chi connectivity index (χ4v) is 4.29. The maximum atomic E-state index is 12.6. The zero-order valence-corrected chi connectivity index (χ0v) is 23.3. The number of allylic oxidation sites excluding steroid dienone is 3. The van der Waals surface area contributed by atoms with Crippen LogP contribution in [0.3, 0.4) is 0 Å². The second-order valence-electron chi connectivity index (χ2n) is 10.6. The summed E-state index contributed by atoms with van der Waals surface area (Å²) in [7, 11) is 0. The number of cyclic esters (lactones) is 1. The lowest BCUT2D eigenvalue weighted by Gasteiger charge is -2.32. The summed E-state index contributed by atoms with van der Waals surface area (Å²) in [6, 6.07) is 5.78. The van der Waals surface area contributed by atoms with Gasteiger partial charge in [0.25, 0.3) is 0 Å². The predicted molar refractivity (Wildman–Crippen MR) is 145 cm³/mol. The van der Waals surface area contributed by atoms with Crippen LogP contribution in [0.4, 0.5) is 0 Å². The van der Waals surface area contributed by atoms with Crippen LogP contribution in [0.25, 0.3) is 0 Å². The number of pyridine rings is 1. The largest absolute Gasteiger partial charge is 0.457 e. The zero-order chi connectivity index (χ0) is 28.5. The van der Waals surface area contributed by atoms with Crippen LogP contribution in [0, 0.1) is 5.92 Å². The molecule has 0 fully saturated rings. The van der Waals surface area contributed by atoms with E-state index in [0.29, 0.717) is 0 Å². The molecule has 38 heavy (non-hydrogen) atoms. The molecule has 210 valence electrons. The Bertz CT molecular complexity index is 1030. The molecule has 0 aromatic carbocycles. The monoisotopic (exact) mass is 529 g/mol. The van der Waals surface area contributed by atoms with Gasteiger partial charge >= 0.3 is 11.9 Å².